The molecule has 53 heavy (non-hydrogen) atoms. The summed E-state index contributed by atoms with van der Waals surface area (Å²) >= 11 is 0. The van der Waals surface area contributed by atoms with Crippen LogP contribution in [-0.4, -0.2) is 46.1 Å². The lowest BCUT2D eigenvalue weighted by Gasteiger charge is -2.21. The van der Waals surface area contributed by atoms with Crippen molar-refractivity contribution < 1.29 is 20.1 Å². The number of hydrogen-bond acceptors (Lipinski definition) is 4. The van der Waals surface area contributed by atoms with Crippen molar-refractivity contribution >= 4 is 5.91 Å². The van der Waals surface area contributed by atoms with Crippen molar-refractivity contribution in [3.8, 4) is 0 Å². The van der Waals surface area contributed by atoms with Crippen molar-refractivity contribution in [3.63, 3.8) is 0 Å². The average molecular weight is 746 g/mol. The third-order valence-corrected chi connectivity index (χ3v) is 10.7. The third kappa shape index (κ3) is 40.1. The molecule has 0 aromatic rings. The molecule has 0 fully saturated rings. The van der Waals surface area contributed by atoms with Crippen LogP contribution in [0, 0.1) is 0 Å². The number of hydrogen-bond donors (Lipinski definition) is 4. The van der Waals surface area contributed by atoms with Gasteiger partial charge >= 0.3 is 0 Å². The second kappa shape index (κ2) is 43.3. The van der Waals surface area contributed by atoms with E-state index < -0.39 is 18.2 Å². The summed E-state index contributed by atoms with van der Waals surface area (Å²) in [5, 5.41) is 33.1. The largest absolute Gasteiger partial charge is 0.394 e. The summed E-state index contributed by atoms with van der Waals surface area (Å²) in [5.41, 5.74) is 0. The highest BCUT2D eigenvalue weighted by molar-refractivity contribution is 5.76. The molecular weight excluding hydrogens is 655 g/mol. The number of amides is 1. The van der Waals surface area contributed by atoms with Gasteiger partial charge in [-0.15, -0.1) is 0 Å². The zero-order valence-corrected chi connectivity index (χ0v) is 35.4. The second-order valence-corrected chi connectivity index (χ2v) is 16.0. The van der Waals surface area contributed by atoms with Crippen molar-refractivity contribution in [2.75, 3.05) is 6.61 Å². The van der Waals surface area contributed by atoms with Gasteiger partial charge in [0, 0.05) is 0 Å². The van der Waals surface area contributed by atoms with Crippen LogP contribution in [-0.2, 0) is 4.79 Å². The number of allylic oxidation sites excluding steroid dienone is 5. The van der Waals surface area contributed by atoms with E-state index in [2.05, 4.69) is 43.5 Å². The van der Waals surface area contributed by atoms with Gasteiger partial charge in [0.15, 0.2) is 0 Å². The monoisotopic (exact) mass is 746 g/mol. The van der Waals surface area contributed by atoms with E-state index in [9.17, 15) is 20.1 Å². The lowest BCUT2D eigenvalue weighted by atomic mass is 10.0. The van der Waals surface area contributed by atoms with Gasteiger partial charge in [0.1, 0.15) is 0 Å². The van der Waals surface area contributed by atoms with Crippen LogP contribution in [0.1, 0.15) is 239 Å². The summed E-state index contributed by atoms with van der Waals surface area (Å²) in [7, 11) is 0. The summed E-state index contributed by atoms with van der Waals surface area (Å²) in [6.45, 7) is 4.08. The number of rotatable bonds is 42. The van der Waals surface area contributed by atoms with E-state index in [0.717, 1.165) is 44.9 Å². The maximum atomic E-state index is 12.4. The Labute approximate surface area is 330 Å². The van der Waals surface area contributed by atoms with Crippen LogP contribution in [0.4, 0.5) is 0 Å². The zero-order valence-electron chi connectivity index (χ0n) is 35.4. The fourth-order valence-corrected chi connectivity index (χ4v) is 7.15. The van der Waals surface area contributed by atoms with Gasteiger partial charge in [-0.25, -0.2) is 0 Å². The molecule has 0 bridgehead atoms. The highest BCUT2D eigenvalue weighted by atomic mass is 16.3. The molecule has 3 unspecified atom stereocenters. The van der Waals surface area contributed by atoms with Crippen molar-refractivity contribution in [3.05, 3.63) is 36.5 Å². The number of nitrogens with one attached hydrogen (secondary N) is 1. The molecule has 312 valence electrons. The molecule has 3 atom stereocenters. The molecule has 0 rings (SSSR count). The van der Waals surface area contributed by atoms with E-state index in [1.807, 2.05) is 6.08 Å². The summed E-state index contributed by atoms with van der Waals surface area (Å²) < 4.78 is 0. The first-order valence-electron chi connectivity index (χ1n) is 23.3. The predicted molar refractivity (Wildman–Crippen MR) is 231 cm³/mol. The van der Waals surface area contributed by atoms with Crippen molar-refractivity contribution in [1.82, 2.24) is 5.32 Å². The predicted octanol–water partition coefficient (Wildman–Crippen LogP) is 13.5. The molecule has 0 saturated carbocycles. The van der Waals surface area contributed by atoms with Crippen molar-refractivity contribution in [1.29, 1.82) is 0 Å². The van der Waals surface area contributed by atoms with Gasteiger partial charge in [-0.3, -0.25) is 4.79 Å². The van der Waals surface area contributed by atoms with E-state index in [-0.39, 0.29) is 18.9 Å². The minimum Gasteiger partial charge on any atom is -0.394 e. The van der Waals surface area contributed by atoms with E-state index in [1.165, 1.54) is 167 Å². The Hall–Kier alpha value is -1.43. The van der Waals surface area contributed by atoms with Gasteiger partial charge in [0.05, 0.1) is 31.3 Å². The maximum absolute atomic E-state index is 12.4. The Kier molecular flexibility index (Phi) is 42.1. The Morgan fingerprint density at radius 2 is 0.830 bits per heavy atom. The van der Waals surface area contributed by atoms with E-state index in [4.69, 9.17) is 0 Å². The van der Waals surface area contributed by atoms with Crippen LogP contribution in [0.25, 0.3) is 0 Å². The molecule has 0 radical (unpaired) electrons. The molecule has 0 aromatic carbocycles. The number of carbonyl (C=O) groups is 1. The first-order chi connectivity index (χ1) is 26.0. The van der Waals surface area contributed by atoms with E-state index in [1.54, 1.807) is 6.08 Å². The van der Waals surface area contributed by atoms with Crippen LogP contribution in [0.2, 0.25) is 0 Å². The van der Waals surface area contributed by atoms with Crippen LogP contribution < -0.4 is 5.32 Å². The fraction of sp³-hybridized carbons (Fsp3) is 0.854. The van der Waals surface area contributed by atoms with Crippen molar-refractivity contribution in [2.24, 2.45) is 0 Å². The van der Waals surface area contributed by atoms with Gasteiger partial charge in [0.25, 0.3) is 0 Å². The minimum absolute atomic E-state index is 0.00464. The van der Waals surface area contributed by atoms with Crippen LogP contribution >= 0.6 is 0 Å². The Balaban J connectivity index is 3.51. The quantitative estimate of drug-likeness (QED) is 0.0370. The number of aliphatic hydroxyl groups is 3. The highest BCUT2D eigenvalue weighted by Gasteiger charge is 2.20. The number of carbonyl (C=O) groups excluding carboxylic acids is 1. The van der Waals surface area contributed by atoms with Gasteiger partial charge < -0.3 is 20.6 Å². The molecular formula is C48H91NO4. The first kappa shape index (κ1) is 51.6. The molecule has 0 heterocycles. The summed E-state index contributed by atoms with van der Waals surface area (Å²) in [6, 6.07) is -0.764. The molecule has 0 aliphatic carbocycles. The van der Waals surface area contributed by atoms with Gasteiger partial charge in [-0.05, 0) is 38.5 Å². The standard InChI is InChI=1S/C48H91NO4/c1-3-5-7-9-11-13-15-16-17-18-19-20-21-22-23-24-25-26-27-28-29-30-31-32-33-35-37-39-41-45(51)43-48(53)49-46(44-50)47(52)42-40-38-36-34-14-12-10-8-6-4-2/h6,8,14,34,40,42,45-47,50-52H,3-5,7,9-13,15-33,35-39,41,43-44H2,1-2H3,(H,49,53)/b8-6+,34-14+,42-40+. The van der Waals surface area contributed by atoms with Gasteiger partial charge in [-0.1, -0.05) is 230 Å². The smallest absolute Gasteiger partial charge is 0.222 e. The Morgan fingerprint density at radius 1 is 0.491 bits per heavy atom. The minimum atomic E-state index is -0.956. The van der Waals surface area contributed by atoms with Crippen LogP contribution in [0.15, 0.2) is 36.5 Å². The maximum Gasteiger partial charge on any atom is 0.222 e. The lowest BCUT2D eigenvalue weighted by molar-refractivity contribution is -0.124. The van der Waals surface area contributed by atoms with Gasteiger partial charge in [0.2, 0.25) is 5.91 Å². The molecule has 5 heteroatoms. The lowest BCUT2D eigenvalue weighted by Crippen LogP contribution is -2.45. The van der Waals surface area contributed by atoms with Crippen LogP contribution in [0.5, 0.6) is 0 Å². The summed E-state index contributed by atoms with van der Waals surface area (Å²) in [6.07, 6.45) is 54.7. The summed E-state index contributed by atoms with van der Waals surface area (Å²) in [4.78, 5) is 12.4. The molecule has 1 amide bonds. The number of unbranched alkanes of at least 4 members (excludes halogenated alkanes) is 29. The van der Waals surface area contributed by atoms with Crippen molar-refractivity contribution in [2.45, 2.75) is 257 Å². The molecule has 0 aliphatic rings. The Morgan fingerprint density at radius 3 is 1.19 bits per heavy atom. The molecule has 0 aromatic heterocycles. The number of aliphatic hydroxyl groups excluding tert-OH is 3. The van der Waals surface area contributed by atoms with E-state index in [0.29, 0.717) is 6.42 Å². The normalized spacial score (nSPS) is 13.8. The Bertz CT molecular complexity index is 824. The first-order valence-corrected chi connectivity index (χ1v) is 23.3. The molecule has 0 aliphatic heterocycles. The molecule has 0 saturated heterocycles. The summed E-state index contributed by atoms with van der Waals surface area (Å²) in [5.74, 6) is -0.329. The SMILES string of the molecule is CC/C=C/CC/C=C/CC/C=C/C(O)C(CO)NC(=O)CC(O)CCCCCCCCCCCCCCCCCCCCCCCCCCCCCC. The fourth-order valence-electron chi connectivity index (χ4n) is 7.15. The van der Waals surface area contributed by atoms with Crippen LogP contribution in [0.3, 0.4) is 0 Å². The van der Waals surface area contributed by atoms with E-state index >= 15 is 0 Å². The molecule has 4 N–H and O–H groups in total. The topological polar surface area (TPSA) is 89.8 Å². The zero-order chi connectivity index (χ0) is 38.7. The second-order valence-electron chi connectivity index (χ2n) is 16.0. The average Bonchev–Trinajstić information content (AvgIpc) is 3.15. The van der Waals surface area contributed by atoms with Gasteiger partial charge in [-0.2, -0.15) is 0 Å². The molecule has 5 nitrogen and oxygen atoms in total. The molecule has 0 spiro atoms. The third-order valence-electron chi connectivity index (χ3n) is 10.7. The highest BCUT2D eigenvalue weighted by Crippen LogP contribution is 2.17.